The minimum atomic E-state index is 0.238. The summed E-state index contributed by atoms with van der Waals surface area (Å²) in [5.41, 5.74) is 8.74. The van der Waals surface area contributed by atoms with Crippen LogP contribution in [0.4, 0.5) is 0 Å². The smallest absolute Gasteiger partial charge is 0.119 e. The molecule has 0 aliphatic heterocycles. The van der Waals surface area contributed by atoms with E-state index in [0.29, 0.717) is 0 Å². The number of nitrogens with two attached hydrogens (primary N) is 1. The maximum atomic E-state index is 6.05. The van der Waals surface area contributed by atoms with E-state index in [2.05, 4.69) is 25.1 Å². The monoisotopic (exact) mass is 275 g/mol. The maximum absolute atomic E-state index is 6.05. The molecule has 0 aromatic heterocycles. The minimum Gasteiger partial charge on any atom is -0.494 e. The molecule has 0 saturated carbocycles. The highest BCUT2D eigenvalue weighted by molar-refractivity contribution is 5.40. The highest BCUT2D eigenvalue weighted by Gasteiger charge is 2.18. The Kier molecular flexibility index (Phi) is 6.38. The fourth-order valence-corrected chi connectivity index (χ4v) is 2.97. The number of aryl methyl sites for hydroxylation is 1. The Morgan fingerprint density at radius 1 is 1.10 bits per heavy atom. The molecule has 2 rings (SSSR count). The van der Waals surface area contributed by atoms with E-state index in [1.54, 1.807) is 0 Å². The van der Waals surface area contributed by atoms with Crippen molar-refractivity contribution in [2.75, 3.05) is 6.61 Å². The second-order valence-electron chi connectivity index (χ2n) is 5.98. The van der Waals surface area contributed by atoms with Crippen molar-refractivity contribution >= 4 is 0 Å². The first-order valence-electron chi connectivity index (χ1n) is 8.32. The predicted molar refractivity (Wildman–Crippen MR) is 85.2 cm³/mol. The molecule has 20 heavy (non-hydrogen) atoms. The van der Waals surface area contributed by atoms with Gasteiger partial charge in [0, 0.05) is 6.04 Å². The van der Waals surface area contributed by atoms with Crippen LogP contribution in [0, 0.1) is 0 Å². The Morgan fingerprint density at radius 2 is 1.85 bits per heavy atom. The van der Waals surface area contributed by atoms with Crippen LogP contribution in [-0.4, -0.2) is 6.61 Å². The van der Waals surface area contributed by atoms with E-state index >= 15 is 0 Å². The van der Waals surface area contributed by atoms with Gasteiger partial charge in [-0.25, -0.2) is 0 Å². The van der Waals surface area contributed by atoms with Gasteiger partial charge in [0.1, 0.15) is 5.75 Å². The van der Waals surface area contributed by atoms with Crippen LogP contribution in [0.2, 0.25) is 0 Å². The zero-order valence-corrected chi connectivity index (χ0v) is 12.9. The van der Waals surface area contributed by atoms with E-state index in [1.807, 2.05) is 0 Å². The lowest BCUT2D eigenvalue weighted by Gasteiger charge is -2.09. The number of fused-ring (bicyclic) bond motifs is 1. The Hall–Kier alpha value is -1.02. The molecule has 0 heterocycles. The quantitative estimate of drug-likeness (QED) is 0.659. The summed E-state index contributed by atoms with van der Waals surface area (Å²) in [6, 6.07) is 6.64. The zero-order valence-electron chi connectivity index (χ0n) is 12.9. The molecule has 112 valence electrons. The van der Waals surface area contributed by atoms with Gasteiger partial charge in [-0.3, -0.25) is 0 Å². The average molecular weight is 275 g/mol. The van der Waals surface area contributed by atoms with Gasteiger partial charge < -0.3 is 10.5 Å². The van der Waals surface area contributed by atoms with Crippen LogP contribution in [0.5, 0.6) is 5.75 Å². The number of unbranched alkanes of at least 4 members (excludes halogenated alkanes) is 6. The molecule has 1 atom stereocenters. The van der Waals surface area contributed by atoms with E-state index in [9.17, 15) is 0 Å². The van der Waals surface area contributed by atoms with Crippen molar-refractivity contribution in [3.8, 4) is 5.75 Å². The molecule has 2 heteroatoms. The number of benzene rings is 1. The van der Waals surface area contributed by atoms with E-state index in [0.717, 1.165) is 25.2 Å². The summed E-state index contributed by atoms with van der Waals surface area (Å²) < 4.78 is 5.85. The number of hydrogen-bond acceptors (Lipinski definition) is 2. The van der Waals surface area contributed by atoms with Gasteiger partial charge in [-0.15, -0.1) is 0 Å². The van der Waals surface area contributed by atoms with Gasteiger partial charge in [0.15, 0.2) is 0 Å². The summed E-state index contributed by atoms with van der Waals surface area (Å²) in [7, 11) is 0. The van der Waals surface area contributed by atoms with Crippen LogP contribution >= 0.6 is 0 Å². The molecule has 0 spiro atoms. The summed E-state index contributed by atoms with van der Waals surface area (Å²) >= 11 is 0. The Bertz CT molecular complexity index is 402. The van der Waals surface area contributed by atoms with Crippen LogP contribution in [0.15, 0.2) is 18.2 Å². The molecule has 1 aliphatic rings. The van der Waals surface area contributed by atoms with E-state index in [-0.39, 0.29) is 6.04 Å². The van der Waals surface area contributed by atoms with Crippen molar-refractivity contribution in [1.82, 2.24) is 0 Å². The zero-order chi connectivity index (χ0) is 14.2. The lowest BCUT2D eigenvalue weighted by atomic mass is 10.1. The first kappa shape index (κ1) is 15.4. The molecule has 0 radical (unpaired) electrons. The highest BCUT2D eigenvalue weighted by Crippen LogP contribution is 2.31. The van der Waals surface area contributed by atoms with Crippen LogP contribution < -0.4 is 10.5 Å². The molecule has 1 aromatic carbocycles. The third-order valence-electron chi connectivity index (χ3n) is 4.26. The van der Waals surface area contributed by atoms with Crippen molar-refractivity contribution < 1.29 is 4.74 Å². The van der Waals surface area contributed by atoms with Crippen molar-refractivity contribution in [3.63, 3.8) is 0 Å². The van der Waals surface area contributed by atoms with Gasteiger partial charge in [0.05, 0.1) is 6.61 Å². The lowest BCUT2D eigenvalue weighted by molar-refractivity contribution is 0.304. The largest absolute Gasteiger partial charge is 0.494 e. The summed E-state index contributed by atoms with van der Waals surface area (Å²) in [6.07, 6.45) is 11.5. The molecule has 1 aliphatic carbocycles. The molecule has 0 amide bonds. The third-order valence-corrected chi connectivity index (χ3v) is 4.26. The molecule has 2 N–H and O–H groups in total. The lowest BCUT2D eigenvalue weighted by Crippen LogP contribution is -2.05. The molecule has 0 saturated heterocycles. The van der Waals surface area contributed by atoms with Gasteiger partial charge in [0.2, 0.25) is 0 Å². The Balaban J connectivity index is 1.60. The number of rotatable bonds is 9. The summed E-state index contributed by atoms with van der Waals surface area (Å²) in [5.74, 6) is 1.02. The fourth-order valence-electron chi connectivity index (χ4n) is 2.97. The topological polar surface area (TPSA) is 35.2 Å². The van der Waals surface area contributed by atoms with Gasteiger partial charge in [-0.2, -0.15) is 0 Å². The SMILES string of the molecule is CCCCCCCCCOc1ccc2c(c1)CCC2N. The van der Waals surface area contributed by atoms with Crippen LogP contribution in [-0.2, 0) is 6.42 Å². The third kappa shape index (κ3) is 4.52. The standard InChI is InChI=1S/C18H29NO/c1-2-3-4-5-6-7-8-13-20-16-10-11-17-15(14-16)9-12-18(17)19/h10-11,14,18H,2-9,12-13,19H2,1H3. The van der Waals surface area contributed by atoms with E-state index in [1.165, 1.54) is 56.1 Å². The average Bonchev–Trinajstić information content (AvgIpc) is 2.83. The number of hydrogen-bond donors (Lipinski definition) is 1. The molecular weight excluding hydrogens is 246 g/mol. The molecule has 1 aromatic rings. The van der Waals surface area contributed by atoms with Gasteiger partial charge >= 0.3 is 0 Å². The molecular formula is C18H29NO. The fraction of sp³-hybridized carbons (Fsp3) is 0.667. The maximum Gasteiger partial charge on any atom is 0.119 e. The van der Waals surface area contributed by atoms with Crippen molar-refractivity contribution in [1.29, 1.82) is 0 Å². The first-order valence-corrected chi connectivity index (χ1v) is 8.32. The normalized spacial score (nSPS) is 17.2. The highest BCUT2D eigenvalue weighted by atomic mass is 16.5. The van der Waals surface area contributed by atoms with Crippen molar-refractivity contribution in [2.45, 2.75) is 70.8 Å². The summed E-state index contributed by atoms with van der Waals surface area (Å²) in [6.45, 7) is 3.11. The van der Waals surface area contributed by atoms with Crippen LogP contribution in [0.1, 0.15) is 75.5 Å². The van der Waals surface area contributed by atoms with Gasteiger partial charge in [-0.05, 0) is 42.5 Å². The minimum absolute atomic E-state index is 0.238. The Labute approximate surface area is 123 Å². The van der Waals surface area contributed by atoms with Crippen molar-refractivity contribution in [3.05, 3.63) is 29.3 Å². The molecule has 1 unspecified atom stereocenters. The number of ether oxygens (including phenoxy) is 1. The van der Waals surface area contributed by atoms with Gasteiger partial charge in [0.25, 0.3) is 0 Å². The predicted octanol–water partition coefficient (Wildman–Crippen LogP) is 4.76. The summed E-state index contributed by atoms with van der Waals surface area (Å²) in [5, 5.41) is 0. The van der Waals surface area contributed by atoms with E-state index in [4.69, 9.17) is 10.5 Å². The van der Waals surface area contributed by atoms with Crippen LogP contribution in [0.3, 0.4) is 0 Å². The second kappa shape index (κ2) is 8.31. The first-order chi connectivity index (χ1) is 9.81. The van der Waals surface area contributed by atoms with Crippen LogP contribution in [0.25, 0.3) is 0 Å². The Morgan fingerprint density at radius 3 is 2.65 bits per heavy atom. The van der Waals surface area contributed by atoms with Crippen molar-refractivity contribution in [2.24, 2.45) is 5.73 Å². The summed E-state index contributed by atoms with van der Waals surface area (Å²) in [4.78, 5) is 0. The molecule has 0 bridgehead atoms. The molecule has 0 fully saturated rings. The van der Waals surface area contributed by atoms with Gasteiger partial charge in [-0.1, -0.05) is 51.5 Å². The second-order valence-corrected chi connectivity index (χ2v) is 5.98. The van der Waals surface area contributed by atoms with E-state index < -0.39 is 0 Å². The molecule has 2 nitrogen and oxygen atoms in total.